The quantitative estimate of drug-likeness (QED) is 0.485. The van der Waals surface area contributed by atoms with Crippen molar-refractivity contribution in [2.75, 3.05) is 0 Å². The van der Waals surface area contributed by atoms with Gasteiger partial charge in [-0.15, -0.1) is 22.4 Å². The normalized spacial score (nSPS) is 8.62. The number of aromatic nitrogens is 2. The fourth-order valence-electron chi connectivity index (χ4n) is 0.399. The first-order valence-corrected chi connectivity index (χ1v) is 3.76. The Bertz CT molecular complexity index is 155. The molecule has 1 aromatic rings. The lowest BCUT2D eigenvalue weighted by molar-refractivity contribution is 1.19. The largest absolute Gasteiger partial charge is 0.245 e. The molecule has 0 aromatic carbocycles. The summed E-state index contributed by atoms with van der Waals surface area (Å²) in [6, 6.07) is 0. The lowest BCUT2D eigenvalue weighted by Crippen LogP contribution is -2.08. The molecule has 0 amide bonds. The van der Waals surface area contributed by atoms with Crippen molar-refractivity contribution < 1.29 is 0 Å². The van der Waals surface area contributed by atoms with Crippen LogP contribution in [0.1, 0.15) is 0 Å². The van der Waals surface area contributed by atoms with Gasteiger partial charge in [-0.05, 0) is 5.46 Å². The summed E-state index contributed by atoms with van der Waals surface area (Å²) in [5.41, 5.74) is 1.17. The summed E-state index contributed by atoms with van der Waals surface area (Å²) in [6.07, 6.45) is 5.18. The highest BCUT2D eigenvalue weighted by Gasteiger charge is 1.86. The molecular formula is C4H4BIN2. The predicted molar refractivity (Wildman–Crippen MR) is 42.8 cm³/mol. The van der Waals surface area contributed by atoms with Crippen LogP contribution in [-0.4, -0.2) is 15.1 Å². The predicted octanol–water partition coefficient (Wildman–Crippen LogP) is -0.112. The number of rotatable bonds is 1. The smallest absolute Gasteiger partial charge is 0.236 e. The molecule has 0 atom stereocenters. The van der Waals surface area contributed by atoms with Gasteiger partial charge in [0.25, 0.3) is 0 Å². The van der Waals surface area contributed by atoms with Gasteiger partial charge in [0.2, 0.25) is 5.14 Å². The third-order valence-electron chi connectivity index (χ3n) is 0.768. The minimum Gasteiger partial charge on any atom is -0.245 e. The van der Waals surface area contributed by atoms with E-state index in [1.165, 1.54) is 11.8 Å². The molecule has 4 heteroatoms. The van der Waals surface area contributed by atoms with E-state index in [0.29, 0.717) is 0 Å². The number of hydrogen-bond donors (Lipinski definition) is 0. The number of hydrogen-bond acceptors (Lipinski definition) is 2. The topological polar surface area (TPSA) is 25.8 Å². The van der Waals surface area contributed by atoms with Gasteiger partial charge >= 0.3 is 0 Å². The molecule has 2 nitrogen and oxygen atoms in total. The van der Waals surface area contributed by atoms with Gasteiger partial charge in [-0.3, -0.25) is 0 Å². The highest BCUT2D eigenvalue weighted by molar-refractivity contribution is 14.1. The molecule has 8 heavy (non-hydrogen) atoms. The molecule has 1 aromatic heterocycles. The first-order valence-electron chi connectivity index (χ1n) is 2.23. The molecule has 1 heterocycles. The number of nitrogens with zero attached hydrogens (tertiary/aromatic N) is 2. The average molecular weight is 218 g/mol. The Balaban J connectivity index is 2.83. The third kappa shape index (κ3) is 1.43. The molecule has 0 radical (unpaired) electrons. The molecule has 0 bridgehead atoms. The summed E-state index contributed by atoms with van der Waals surface area (Å²) in [7, 11) is 0. The summed E-state index contributed by atoms with van der Waals surface area (Å²) in [4.78, 5) is 7.68. The van der Waals surface area contributed by atoms with Crippen molar-refractivity contribution in [1.29, 1.82) is 0 Å². The minimum atomic E-state index is 0.985. The van der Waals surface area contributed by atoms with Crippen LogP contribution in [0.15, 0.2) is 18.7 Å². The number of halogens is 1. The zero-order chi connectivity index (χ0) is 5.82. The summed E-state index contributed by atoms with van der Waals surface area (Å²) in [5, 5.41) is 0.985. The third-order valence-corrected chi connectivity index (χ3v) is 1.65. The van der Waals surface area contributed by atoms with Crippen molar-refractivity contribution >= 4 is 33.0 Å². The fourth-order valence-corrected chi connectivity index (χ4v) is 0.793. The minimum absolute atomic E-state index is 0.985. The average Bonchev–Trinajstić information content (AvgIpc) is 1.90. The van der Waals surface area contributed by atoms with E-state index in [-0.39, 0.29) is 0 Å². The molecule has 0 N–H and O–H groups in total. The van der Waals surface area contributed by atoms with Crippen LogP contribution in [0.25, 0.3) is 0 Å². The molecule has 0 fully saturated rings. The molecular weight excluding hydrogens is 214 g/mol. The van der Waals surface area contributed by atoms with Gasteiger partial charge in [0.15, 0.2) is 0 Å². The van der Waals surface area contributed by atoms with Crippen molar-refractivity contribution in [2.24, 2.45) is 0 Å². The van der Waals surface area contributed by atoms with E-state index in [1.54, 1.807) is 0 Å². The van der Waals surface area contributed by atoms with Crippen molar-refractivity contribution in [3.63, 3.8) is 0 Å². The lowest BCUT2D eigenvalue weighted by atomic mass is 10.0. The zero-order valence-electron chi connectivity index (χ0n) is 4.21. The van der Waals surface area contributed by atoms with Crippen LogP contribution in [0.2, 0.25) is 0 Å². The first-order chi connectivity index (χ1) is 3.93. The van der Waals surface area contributed by atoms with Crippen LogP contribution in [0.5, 0.6) is 0 Å². The Morgan fingerprint density at radius 1 is 1.38 bits per heavy atom. The van der Waals surface area contributed by atoms with E-state index in [9.17, 15) is 0 Å². The van der Waals surface area contributed by atoms with Gasteiger partial charge in [0, 0.05) is 12.4 Å². The van der Waals surface area contributed by atoms with Gasteiger partial charge in [-0.2, -0.15) is 0 Å². The summed E-state index contributed by atoms with van der Waals surface area (Å²) < 4.78 is 0. The van der Waals surface area contributed by atoms with Crippen LogP contribution in [0.3, 0.4) is 0 Å². The maximum absolute atomic E-state index is 3.84. The molecule has 40 valence electrons. The van der Waals surface area contributed by atoms with Crippen molar-refractivity contribution in [1.82, 2.24) is 9.97 Å². The van der Waals surface area contributed by atoms with Gasteiger partial charge in [-0.1, -0.05) is 0 Å². The monoisotopic (exact) mass is 218 g/mol. The molecule has 0 unspecified atom stereocenters. The first kappa shape index (κ1) is 6.00. The van der Waals surface area contributed by atoms with E-state index in [0.717, 1.165) is 5.14 Å². The lowest BCUT2D eigenvalue weighted by Gasteiger charge is -1.85. The fraction of sp³-hybridized carbons (Fsp3) is 0. The molecule has 0 saturated heterocycles. The van der Waals surface area contributed by atoms with Crippen LogP contribution < -0.4 is 5.46 Å². The van der Waals surface area contributed by atoms with Crippen LogP contribution in [0, 0.1) is 0 Å². The van der Waals surface area contributed by atoms with Gasteiger partial charge in [0.05, 0.1) is 0 Å². The van der Waals surface area contributed by atoms with E-state index in [1.807, 2.05) is 12.4 Å². The second kappa shape index (κ2) is 3.01. The van der Waals surface area contributed by atoms with Crippen molar-refractivity contribution in [3.05, 3.63) is 18.7 Å². The second-order valence-corrected chi connectivity index (χ2v) is 2.14. The summed E-state index contributed by atoms with van der Waals surface area (Å²) in [5.74, 6) is 0. The Morgan fingerprint density at radius 2 is 2.00 bits per heavy atom. The molecule has 1 rings (SSSR count). The Hall–Kier alpha value is -0.125. The molecule has 0 saturated carbocycles. The van der Waals surface area contributed by atoms with Crippen LogP contribution in [0.4, 0.5) is 0 Å². The molecule has 0 aliphatic rings. The SMILES string of the molecule is IBc1cncnc1. The summed E-state index contributed by atoms with van der Waals surface area (Å²) in [6.45, 7) is 0. The van der Waals surface area contributed by atoms with Gasteiger partial charge in [0.1, 0.15) is 6.33 Å². The van der Waals surface area contributed by atoms with Gasteiger partial charge in [-0.25, -0.2) is 9.97 Å². The highest BCUT2D eigenvalue weighted by atomic mass is 127. The van der Waals surface area contributed by atoms with Crippen molar-refractivity contribution in [2.45, 2.75) is 0 Å². The highest BCUT2D eigenvalue weighted by Crippen LogP contribution is 1.75. The molecule has 0 aliphatic carbocycles. The standard InChI is InChI=1S/C4H4BIN2/c6-5-4-1-7-3-8-2-4/h1-3,5H. The Labute approximate surface area is 61.9 Å². The molecule has 0 spiro atoms. The van der Waals surface area contributed by atoms with Crippen LogP contribution in [-0.2, 0) is 0 Å². The van der Waals surface area contributed by atoms with E-state index >= 15 is 0 Å². The molecule has 0 aliphatic heterocycles. The second-order valence-electron chi connectivity index (χ2n) is 1.38. The summed E-state index contributed by atoms with van der Waals surface area (Å²) >= 11 is 2.27. The zero-order valence-corrected chi connectivity index (χ0v) is 6.37. The Kier molecular flexibility index (Phi) is 2.26. The van der Waals surface area contributed by atoms with E-state index < -0.39 is 0 Å². The van der Waals surface area contributed by atoms with E-state index in [4.69, 9.17) is 0 Å². The maximum Gasteiger partial charge on any atom is 0.236 e. The van der Waals surface area contributed by atoms with Crippen LogP contribution >= 0.6 is 22.4 Å². The Morgan fingerprint density at radius 3 is 2.38 bits per heavy atom. The van der Waals surface area contributed by atoms with E-state index in [2.05, 4.69) is 32.3 Å². The maximum atomic E-state index is 3.84. The van der Waals surface area contributed by atoms with Crippen molar-refractivity contribution in [3.8, 4) is 0 Å². The van der Waals surface area contributed by atoms with Gasteiger partial charge < -0.3 is 0 Å².